The van der Waals surface area contributed by atoms with Crippen molar-refractivity contribution in [3.63, 3.8) is 0 Å². The Balaban J connectivity index is 0.000000133. The average molecular weight is 1710 g/mol. The van der Waals surface area contributed by atoms with Gasteiger partial charge in [-0.1, -0.05) is 31.3 Å². The number of hydrogen-bond acceptors (Lipinski definition) is 18. The summed E-state index contributed by atoms with van der Waals surface area (Å²) in [5.41, 5.74) is 5.95. The molecule has 21 nitrogen and oxygen atoms in total. The van der Waals surface area contributed by atoms with Gasteiger partial charge in [0.15, 0.2) is 0 Å². The lowest BCUT2D eigenvalue weighted by atomic mass is 9.96. The average Bonchev–Trinajstić information content (AvgIpc) is 0.816. The number of carbonyl (C=O) groups excluding carboxylic acids is 3. The number of benzene rings is 6. The van der Waals surface area contributed by atoms with Crippen molar-refractivity contribution in [1.82, 2.24) is 43.4 Å². The molecule has 3 amide bonds. The molecule has 31 heteroatoms. The number of amides is 3. The molecule has 9 heterocycles. The van der Waals surface area contributed by atoms with Crippen LogP contribution in [0.25, 0.3) is 66.1 Å². The number of hydrogen-bond donors (Lipinski definition) is 0. The zero-order valence-electron chi connectivity index (χ0n) is 67.0. The highest BCUT2D eigenvalue weighted by Gasteiger charge is 2.41. The smallest absolute Gasteiger partial charge is 0.350 e. The van der Waals surface area contributed by atoms with Crippen LogP contribution in [0.3, 0.4) is 0 Å². The quantitative estimate of drug-likeness (QED) is 0.0445. The molecule has 3 aliphatic carbocycles. The zero-order valence-corrected chi connectivity index (χ0v) is 70.2. The Labute approximate surface area is 701 Å². The van der Waals surface area contributed by atoms with E-state index < -0.39 is 40.6 Å². The first-order chi connectivity index (χ1) is 57.1. The first kappa shape index (κ1) is 83.2. The van der Waals surface area contributed by atoms with E-state index in [4.69, 9.17) is 25.8 Å². The highest BCUT2D eigenvalue weighted by Crippen LogP contribution is 2.52. The maximum Gasteiger partial charge on any atom is 0.350 e. The van der Waals surface area contributed by atoms with Gasteiger partial charge in [-0.05, 0) is 170 Å². The number of thioether (sulfide) groups is 3. The fourth-order valence-electron chi connectivity index (χ4n) is 17.6. The maximum atomic E-state index is 15.2. The molecular weight excluding hydrogens is 1610 g/mol. The minimum atomic E-state index is -0.828. The van der Waals surface area contributed by atoms with Crippen molar-refractivity contribution in [1.29, 1.82) is 0 Å². The van der Waals surface area contributed by atoms with Gasteiger partial charge in [0.2, 0.25) is 17.7 Å². The molecule has 624 valence electrons. The molecule has 18 rings (SSSR count). The van der Waals surface area contributed by atoms with E-state index in [-0.39, 0.29) is 100 Å². The van der Waals surface area contributed by atoms with Gasteiger partial charge in [0, 0.05) is 176 Å². The van der Waals surface area contributed by atoms with Crippen LogP contribution < -0.4 is 31.8 Å². The molecule has 3 saturated carbocycles. The predicted molar refractivity (Wildman–Crippen MR) is 455 cm³/mol. The second-order valence-corrected chi connectivity index (χ2v) is 35.8. The van der Waals surface area contributed by atoms with Crippen molar-refractivity contribution in [2.45, 2.75) is 162 Å². The van der Waals surface area contributed by atoms with E-state index in [1.54, 1.807) is 47.0 Å². The van der Waals surface area contributed by atoms with Gasteiger partial charge in [0.1, 0.15) is 52.4 Å². The van der Waals surface area contributed by atoms with E-state index in [0.717, 1.165) is 104 Å². The van der Waals surface area contributed by atoms with Crippen LogP contribution in [0.15, 0.2) is 134 Å². The van der Waals surface area contributed by atoms with Crippen molar-refractivity contribution in [2.24, 2.45) is 0 Å². The number of ether oxygens (including phenoxy) is 3. The summed E-state index contributed by atoms with van der Waals surface area (Å²) in [4.78, 5) is 106. The monoisotopic (exact) mass is 1700 g/mol. The molecule has 0 N–H and O–H groups in total. The van der Waals surface area contributed by atoms with Crippen LogP contribution in [-0.4, -0.2) is 193 Å². The van der Waals surface area contributed by atoms with Crippen LogP contribution in [-0.2, 0) is 28.6 Å². The highest BCUT2D eigenvalue weighted by molar-refractivity contribution is 8.00. The van der Waals surface area contributed by atoms with Crippen molar-refractivity contribution in [3.8, 4) is 33.4 Å². The zero-order chi connectivity index (χ0) is 84.0. The molecule has 3 unspecified atom stereocenters. The number of aromatic nitrogens is 6. The van der Waals surface area contributed by atoms with Crippen molar-refractivity contribution in [2.75, 3.05) is 104 Å². The summed E-state index contributed by atoms with van der Waals surface area (Å²) in [6, 6.07) is 13.9. The Kier molecular flexibility index (Phi) is 23.7. The lowest BCUT2D eigenvalue weighted by Gasteiger charge is -2.45. The molecule has 6 fully saturated rings. The molecule has 3 saturated heterocycles. The van der Waals surface area contributed by atoms with E-state index >= 15 is 13.2 Å². The molecule has 0 radical (unpaired) electrons. The second-order valence-electron chi connectivity index (χ2n) is 32.3. The fraction of sp³-hybridized carbons (Fsp3) is 0.420. The topological polar surface area (TPSA) is 203 Å². The van der Waals surface area contributed by atoms with Gasteiger partial charge in [0.25, 0.3) is 0 Å². The van der Waals surface area contributed by atoms with E-state index in [2.05, 4.69) is 44.5 Å². The summed E-state index contributed by atoms with van der Waals surface area (Å²) in [6.45, 7) is 29.6. The first-order valence-corrected chi connectivity index (χ1v) is 43.6. The van der Waals surface area contributed by atoms with Gasteiger partial charge in [-0.25, -0.2) is 40.7 Å². The van der Waals surface area contributed by atoms with Gasteiger partial charge >= 0.3 is 17.1 Å². The van der Waals surface area contributed by atoms with Crippen molar-refractivity contribution in [3.05, 3.63) is 193 Å². The molecule has 0 spiro atoms. The minimum absolute atomic E-state index is 0.119. The van der Waals surface area contributed by atoms with E-state index in [0.29, 0.717) is 151 Å². The van der Waals surface area contributed by atoms with E-state index in [9.17, 15) is 41.9 Å². The summed E-state index contributed by atoms with van der Waals surface area (Å²) in [7, 11) is 0. The van der Waals surface area contributed by atoms with Crippen molar-refractivity contribution >= 4 is 115 Å². The van der Waals surface area contributed by atoms with Crippen LogP contribution in [0.2, 0.25) is 5.02 Å². The largest absolute Gasteiger partial charge is 0.376 e. The number of nitrogens with zero attached hydrogens (tertiary/aromatic N) is 12. The van der Waals surface area contributed by atoms with Crippen LogP contribution >= 0.6 is 46.9 Å². The van der Waals surface area contributed by atoms with Crippen LogP contribution in [0, 0.1) is 55.7 Å². The molecule has 6 aliphatic heterocycles. The van der Waals surface area contributed by atoms with Gasteiger partial charge in [-0.3, -0.25) is 28.1 Å². The molecule has 7 atom stereocenters. The van der Waals surface area contributed by atoms with E-state index in [1.807, 2.05) is 76.5 Å². The van der Waals surface area contributed by atoms with E-state index in [1.165, 1.54) is 60.3 Å². The van der Waals surface area contributed by atoms with Gasteiger partial charge in [-0.15, -0.1) is 35.3 Å². The molecule has 0 bridgehead atoms. The van der Waals surface area contributed by atoms with Crippen LogP contribution in [0.5, 0.6) is 0 Å². The third-order valence-corrected chi connectivity index (χ3v) is 27.6. The molecule has 3 aromatic heterocycles. The third kappa shape index (κ3) is 16.2. The molecule has 9 aliphatic rings. The molecule has 6 aromatic carbocycles. The first-order valence-electron chi connectivity index (χ1n) is 40.3. The van der Waals surface area contributed by atoms with Crippen LogP contribution in [0.1, 0.15) is 101 Å². The summed E-state index contributed by atoms with van der Waals surface area (Å²) < 4.78 is 110. The molecule has 119 heavy (non-hydrogen) atoms. The lowest BCUT2D eigenvalue weighted by Crippen LogP contribution is -2.58. The predicted octanol–water partition coefficient (Wildman–Crippen LogP) is 15.1. The minimum Gasteiger partial charge on any atom is -0.376 e. The Morgan fingerprint density at radius 3 is 1.10 bits per heavy atom. The SMILES string of the molecule is C=CC(=O)N1CCN(c2nc(=O)n3c4c(c(-c5ccc(F)cc5F)c(C)cc24)SCC3COC2CC2)CC1.C=CC(=O)N1[C@H](C)CN(c2nc(=O)n3c4c(c(-c5cc(Cl)c(F)cc5F)c(C)cc24)SCC3COC2CC2)C[C@@H]1C.C=CC(=O)N1[C@H](C)CN(c2nc(=O)n3c4c(c(-c5ccc(F)cc5F)c(C)cc24)SCC3COC2CC2)C[C@@H]1C. The molecular formula is C88H91ClF6N12O9S3. The summed E-state index contributed by atoms with van der Waals surface area (Å²) in [5.74, 6) is -1.15. The number of piperazine rings is 3. The number of rotatable bonds is 18. The standard InChI is InChI=1S/C30H31ClF2N4O3S.C30H32F2N4O3S.C28H28F2N4O3S/c1-5-25(38)36-16(3)11-35(12-17(36)4)29-21-8-15(2)26(20-9-22(31)24(33)10-23(20)32)28-27(21)37(30(39)34-29)18(14-41-28)13-40-19-6-7-19;1-5-25(37)35-17(3)12-34(13-18(35)4)29-23-10-16(2)26(22-9-6-19(31)11-24(22)32)28-27(23)36(30(38)33-29)20(15-40-28)14-39-21-7-8-21;1-3-23(35)32-8-10-33(11-9-32)27-21-12-16(2)24(20-7-4-17(29)13-22(20)30)26-25(21)34(28(36)31-27)18(15-38-26)14-37-19-5-6-19/h5,8-10,16-19H,1,6-7,11-14H2,2-4H3;5-6,9-11,17-18,20-21H,1,7-8,12-15H2,2-4H3;3-4,7,12-13,18-19H,1,5-6,8-11,14-15H2,2H3/t16-,17+,18?;17-,18+,20?;. The van der Waals surface area contributed by atoms with Crippen LogP contribution in [0.4, 0.5) is 43.8 Å². The fourth-order valence-corrected chi connectivity index (χ4v) is 21.9. The molecule has 9 aromatic rings. The van der Waals surface area contributed by atoms with Gasteiger partial charge < -0.3 is 43.6 Å². The van der Waals surface area contributed by atoms with Gasteiger partial charge in [0.05, 0.1) is 77.8 Å². The van der Waals surface area contributed by atoms with Crippen molar-refractivity contribution < 1.29 is 54.9 Å². The number of aryl methyl sites for hydroxylation is 3. The lowest BCUT2D eigenvalue weighted by molar-refractivity contribution is -0.131. The Bertz CT molecular complexity index is 5830. The third-order valence-electron chi connectivity index (χ3n) is 23.6. The van der Waals surface area contributed by atoms with Gasteiger partial charge in [-0.2, -0.15) is 15.0 Å². The summed E-state index contributed by atoms with van der Waals surface area (Å²) >= 11 is 10.8. The number of carbonyl (C=O) groups is 3. The number of anilines is 3. The maximum absolute atomic E-state index is 15.2. The summed E-state index contributed by atoms with van der Waals surface area (Å²) in [5, 5.41) is 2.19. The Morgan fingerprint density at radius 2 is 0.773 bits per heavy atom. The highest BCUT2D eigenvalue weighted by atomic mass is 35.5. The Hall–Kier alpha value is -9.43. The summed E-state index contributed by atoms with van der Waals surface area (Å²) in [6.07, 6.45) is 10.8. The Morgan fingerprint density at radius 1 is 0.445 bits per heavy atom. The second kappa shape index (κ2) is 33.9. The normalized spacial score (nSPS) is 21.4. The number of halogens is 7.